The third-order valence-electron chi connectivity index (χ3n) is 7.31. The topological polar surface area (TPSA) is 29.4 Å². The number of aryl methyl sites for hydroxylation is 2. The Balaban J connectivity index is 0.00000181. The van der Waals surface area contributed by atoms with E-state index in [9.17, 15) is 4.79 Å². The van der Waals surface area contributed by atoms with Crippen molar-refractivity contribution in [1.82, 2.24) is 0 Å². The zero-order valence-electron chi connectivity index (χ0n) is 18.6. The molecule has 2 aliphatic carbocycles. The summed E-state index contributed by atoms with van der Waals surface area (Å²) in [5.41, 5.74) is 8.23. The number of allylic oxidation sites excluding steroid dienone is 5. The summed E-state index contributed by atoms with van der Waals surface area (Å²) in [6, 6.07) is 6.43. The van der Waals surface area contributed by atoms with Crippen molar-refractivity contribution in [3.63, 3.8) is 0 Å². The Morgan fingerprint density at radius 1 is 1.20 bits per heavy atom. The van der Waals surface area contributed by atoms with Crippen molar-refractivity contribution >= 4 is 11.5 Å². The van der Waals surface area contributed by atoms with Crippen LogP contribution < -0.4 is 0 Å². The van der Waals surface area contributed by atoms with E-state index in [1.165, 1.54) is 53.7 Å². The summed E-state index contributed by atoms with van der Waals surface area (Å²) in [5, 5.41) is 0. The molecule has 0 spiro atoms. The molecule has 3 aliphatic rings. The van der Waals surface area contributed by atoms with Crippen molar-refractivity contribution in [2.45, 2.75) is 78.1 Å². The number of hydrogen-bond acceptors (Lipinski definition) is 2. The lowest BCUT2D eigenvalue weighted by atomic mass is 9.74. The average Bonchev–Trinajstić information content (AvgIpc) is 2.97. The zero-order chi connectivity index (χ0) is 20.9. The molecule has 1 aromatic rings. The second-order valence-electron chi connectivity index (χ2n) is 9.39. The molecule has 1 saturated carbocycles. The van der Waals surface area contributed by atoms with Gasteiger partial charge in [0.1, 0.15) is 5.78 Å². The van der Waals surface area contributed by atoms with Crippen molar-refractivity contribution in [3.8, 4) is 0 Å². The molecule has 2 heteroatoms. The SMILES string of the molecule is Cc1cccc(CCC(=O)C[C@@H]2CCCC(C3=NC=CCC4=C3C=CCC4)C2)c1C.[HH].[HH].[HH]. The molecule has 0 N–H and O–H groups in total. The maximum absolute atomic E-state index is 12.8. The van der Waals surface area contributed by atoms with Gasteiger partial charge in [-0.25, -0.2) is 0 Å². The first-order valence-electron chi connectivity index (χ1n) is 11.8. The summed E-state index contributed by atoms with van der Waals surface area (Å²) in [7, 11) is 0. The number of rotatable bonds is 6. The molecule has 0 bridgehead atoms. The van der Waals surface area contributed by atoms with E-state index < -0.39 is 0 Å². The number of ketones is 1. The number of nitrogens with zero attached hydrogens (tertiary/aromatic N) is 1. The lowest BCUT2D eigenvalue weighted by Crippen LogP contribution is -2.26. The van der Waals surface area contributed by atoms with Crippen LogP contribution >= 0.6 is 0 Å². The second kappa shape index (κ2) is 9.73. The van der Waals surface area contributed by atoms with Crippen LogP contribution in [0.3, 0.4) is 0 Å². The molecule has 4 rings (SSSR count). The van der Waals surface area contributed by atoms with Crippen molar-refractivity contribution in [1.29, 1.82) is 0 Å². The van der Waals surface area contributed by atoms with Crippen molar-refractivity contribution in [3.05, 3.63) is 70.5 Å². The first kappa shape index (κ1) is 21.0. The Labute approximate surface area is 186 Å². The third-order valence-corrected chi connectivity index (χ3v) is 7.31. The molecule has 2 nitrogen and oxygen atoms in total. The highest BCUT2D eigenvalue weighted by Crippen LogP contribution is 2.37. The van der Waals surface area contributed by atoms with Gasteiger partial charge in [0.05, 0.1) is 5.71 Å². The van der Waals surface area contributed by atoms with Crippen LogP contribution in [0.4, 0.5) is 0 Å². The number of carbonyl (C=O) groups excluding carboxylic acids is 1. The van der Waals surface area contributed by atoms with Crippen molar-refractivity contribution in [2.75, 3.05) is 0 Å². The van der Waals surface area contributed by atoms with E-state index in [1.807, 2.05) is 6.20 Å². The quantitative estimate of drug-likeness (QED) is 0.474. The van der Waals surface area contributed by atoms with E-state index >= 15 is 0 Å². The van der Waals surface area contributed by atoms with Gasteiger partial charge in [0.25, 0.3) is 0 Å². The monoisotopic (exact) mass is 407 g/mol. The first-order chi connectivity index (χ1) is 14.6. The minimum Gasteiger partial charge on any atom is -0.300 e. The van der Waals surface area contributed by atoms with E-state index in [4.69, 9.17) is 4.99 Å². The zero-order valence-corrected chi connectivity index (χ0v) is 18.6. The highest BCUT2D eigenvalue weighted by Gasteiger charge is 2.29. The Hall–Kier alpha value is -2.22. The van der Waals surface area contributed by atoms with E-state index in [-0.39, 0.29) is 4.28 Å². The maximum atomic E-state index is 12.8. The van der Waals surface area contributed by atoms with Crippen LogP contribution in [-0.2, 0) is 11.2 Å². The van der Waals surface area contributed by atoms with Gasteiger partial charge in [0.15, 0.2) is 0 Å². The number of Topliss-reactive ketones (excluding diaryl/α,β-unsaturated/α-hetero) is 1. The Morgan fingerprint density at radius 2 is 2.10 bits per heavy atom. The van der Waals surface area contributed by atoms with Gasteiger partial charge >= 0.3 is 0 Å². The standard InChI is InChI=1S/C28H35NO.3H2/c1-20-8-5-11-23(21(20)2)15-16-26(30)19-22-9-6-12-25(18-22)28-27-14-4-3-10-24(27)13-7-17-29-28;;;/h4-5,7-8,11,14,17,22,25H,3,6,9-10,12-13,15-16,18-19H2,1-2H3;3*1H/t22-,25?;;;/m1.../s1. The molecule has 30 heavy (non-hydrogen) atoms. The van der Waals surface area contributed by atoms with Crippen LogP contribution in [0.1, 0.15) is 78.8 Å². The smallest absolute Gasteiger partial charge is 0.133 e. The normalized spacial score (nSPS) is 23.7. The molecule has 0 radical (unpaired) electrons. The highest BCUT2D eigenvalue weighted by molar-refractivity contribution is 6.05. The number of benzene rings is 1. The largest absolute Gasteiger partial charge is 0.300 e. The fourth-order valence-corrected chi connectivity index (χ4v) is 5.42. The molecule has 1 heterocycles. The van der Waals surface area contributed by atoms with E-state index in [1.54, 1.807) is 5.57 Å². The first-order valence-corrected chi connectivity index (χ1v) is 11.8. The summed E-state index contributed by atoms with van der Waals surface area (Å²) in [6.07, 6.45) is 19.2. The van der Waals surface area contributed by atoms with Gasteiger partial charge in [-0.05, 0) is 87.0 Å². The third kappa shape index (κ3) is 4.91. The summed E-state index contributed by atoms with van der Waals surface area (Å²) in [5.74, 6) is 1.45. The summed E-state index contributed by atoms with van der Waals surface area (Å²) < 4.78 is 0. The summed E-state index contributed by atoms with van der Waals surface area (Å²) >= 11 is 0. The predicted molar refractivity (Wildman–Crippen MR) is 132 cm³/mol. The number of aliphatic imine (C=N–C) groups is 1. The van der Waals surface area contributed by atoms with Gasteiger partial charge in [-0.1, -0.05) is 48.4 Å². The van der Waals surface area contributed by atoms with Crippen LogP contribution in [-0.4, -0.2) is 11.5 Å². The Kier molecular flexibility index (Phi) is 6.82. The lowest BCUT2D eigenvalue weighted by Gasteiger charge is -2.31. The van der Waals surface area contributed by atoms with Crippen LogP contribution in [0, 0.1) is 25.7 Å². The van der Waals surface area contributed by atoms with Gasteiger partial charge in [-0.3, -0.25) is 9.79 Å². The van der Waals surface area contributed by atoms with Gasteiger partial charge in [0.2, 0.25) is 0 Å². The molecular formula is C28H41NO. The Bertz CT molecular complexity index is 929. The molecule has 2 atom stereocenters. The molecule has 0 amide bonds. The van der Waals surface area contributed by atoms with Gasteiger partial charge in [0, 0.05) is 29.2 Å². The molecule has 1 fully saturated rings. The molecule has 0 saturated heterocycles. The average molecular weight is 408 g/mol. The van der Waals surface area contributed by atoms with Crippen LogP contribution in [0.15, 0.2) is 58.8 Å². The molecule has 1 aromatic carbocycles. The van der Waals surface area contributed by atoms with Crippen LogP contribution in [0.5, 0.6) is 0 Å². The predicted octanol–water partition coefficient (Wildman–Crippen LogP) is 7.74. The fourth-order valence-electron chi connectivity index (χ4n) is 5.42. The number of hydrogen-bond donors (Lipinski definition) is 0. The molecule has 0 aromatic heterocycles. The number of carbonyl (C=O) groups is 1. The Morgan fingerprint density at radius 3 is 3.00 bits per heavy atom. The van der Waals surface area contributed by atoms with Gasteiger partial charge < -0.3 is 0 Å². The van der Waals surface area contributed by atoms with Crippen LogP contribution in [0.25, 0.3) is 0 Å². The second-order valence-corrected chi connectivity index (χ2v) is 9.39. The van der Waals surface area contributed by atoms with E-state index in [0.717, 1.165) is 32.1 Å². The van der Waals surface area contributed by atoms with E-state index in [2.05, 4.69) is 50.3 Å². The molecule has 164 valence electrons. The van der Waals surface area contributed by atoms with Crippen molar-refractivity contribution < 1.29 is 9.07 Å². The molecule has 1 unspecified atom stereocenters. The van der Waals surface area contributed by atoms with Gasteiger partial charge in [-0.2, -0.15) is 0 Å². The van der Waals surface area contributed by atoms with Gasteiger partial charge in [-0.15, -0.1) is 0 Å². The molecule has 1 aliphatic heterocycles. The summed E-state index contributed by atoms with van der Waals surface area (Å²) in [4.78, 5) is 17.7. The highest BCUT2D eigenvalue weighted by atomic mass is 16.1. The van der Waals surface area contributed by atoms with Crippen molar-refractivity contribution in [2.24, 2.45) is 16.8 Å². The fraction of sp³-hybridized carbons (Fsp3) is 0.500. The lowest BCUT2D eigenvalue weighted by molar-refractivity contribution is -0.120. The minimum atomic E-state index is 0. The minimum absolute atomic E-state index is 0. The van der Waals surface area contributed by atoms with E-state index in [0.29, 0.717) is 24.0 Å². The maximum Gasteiger partial charge on any atom is 0.133 e. The summed E-state index contributed by atoms with van der Waals surface area (Å²) in [6.45, 7) is 4.32. The molecular weight excluding hydrogens is 366 g/mol. The van der Waals surface area contributed by atoms with Crippen LogP contribution in [0.2, 0.25) is 0 Å².